The molecular formula is C16H25N3O. The van der Waals surface area contributed by atoms with Crippen LogP contribution < -0.4 is 16.0 Å². The lowest BCUT2D eigenvalue weighted by molar-refractivity contribution is -0.118. The molecule has 0 aromatic heterocycles. The molecule has 1 aliphatic heterocycles. The van der Waals surface area contributed by atoms with Crippen LogP contribution in [0.25, 0.3) is 0 Å². The number of fused-ring (bicyclic) bond motifs is 1. The molecule has 1 atom stereocenters. The highest BCUT2D eigenvalue weighted by Gasteiger charge is 2.11. The minimum atomic E-state index is 0.0461. The molecule has 2 rings (SSSR count). The molecule has 1 aromatic carbocycles. The second-order valence-corrected chi connectivity index (χ2v) is 5.56. The first-order chi connectivity index (χ1) is 9.65. The molecule has 4 heteroatoms. The Morgan fingerprint density at radius 3 is 3.05 bits per heavy atom. The molecule has 0 fully saturated rings. The van der Waals surface area contributed by atoms with E-state index in [0.29, 0.717) is 6.04 Å². The van der Waals surface area contributed by atoms with Crippen LogP contribution in [0.15, 0.2) is 18.2 Å². The van der Waals surface area contributed by atoms with Crippen LogP contribution >= 0.6 is 0 Å². The number of carbonyl (C=O) groups excluding carboxylic acids is 1. The van der Waals surface area contributed by atoms with Gasteiger partial charge in [0.15, 0.2) is 0 Å². The van der Waals surface area contributed by atoms with Crippen LogP contribution in [0.1, 0.15) is 31.4 Å². The van der Waals surface area contributed by atoms with Crippen LogP contribution in [-0.4, -0.2) is 31.6 Å². The molecule has 20 heavy (non-hydrogen) atoms. The Morgan fingerprint density at radius 2 is 2.25 bits per heavy atom. The quantitative estimate of drug-likeness (QED) is 0.664. The Morgan fingerprint density at radius 1 is 1.40 bits per heavy atom. The average molecular weight is 275 g/mol. The molecular weight excluding hydrogens is 250 g/mol. The van der Waals surface area contributed by atoms with Gasteiger partial charge in [-0.05, 0) is 49.9 Å². The van der Waals surface area contributed by atoms with E-state index in [0.717, 1.165) is 38.9 Å². The van der Waals surface area contributed by atoms with Crippen LogP contribution in [-0.2, 0) is 17.6 Å². The zero-order valence-electron chi connectivity index (χ0n) is 12.5. The third kappa shape index (κ3) is 4.53. The molecule has 0 spiro atoms. The van der Waals surface area contributed by atoms with Crippen molar-refractivity contribution in [1.29, 1.82) is 0 Å². The van der Waals surface area contributed by atoms with E-state index in [4.69, 9.17) is 0 Å². The first-order valence-electron chi connectivity index (χ1n) is 7.48. The Hall–Kier alpha value is -1.55. The lowest BCUT2D eigenvalue weighted by Gasteiger charge is -2.14. The summed E-state index contributed by atoms with van der Waals surface area (Å²) in [6.45, 7) is 6.52. The van der Waals surface area contributed by atoms with E-state index in [1.165, 1.54) is 16.8 Å². The minimum Gasteiger partial charge on any atom is -0.384 e. The predicted molar refractivity (Wildman–Crippen MR) is 83.1 cm³/mol. The molecule has 4 nitrogen and oxygen atoms in total. The Bertz CT molecular complexity index is 459. The van der Waals surface area contributed by atoms with Gasteiger partial charge in [0.05, 0.1) is 0 Å². The summed E-state index contributed by atoms with van der Waals surface area (Å²) >= 11 is 0. The van der Waals surface area contributed by atoms with Gasteiger partial charge in [0, 0.05) is 31.7 Å². The fourth-order valence-corrected chi connectivity index (χ4v) is 2.61. The number of benzene rings is 1. The molecule has 110 valence electrons. The molecule has 0 aliphatic carbocycles. The van der Waals surface area contributed by atoms with Crippen LogP contribution in [0.5, 0.6) is 0 Å². The third-order valence-corrected chi connectivity index (χ3v) is 3.64. The van der Waals surface area contributed by atoms with E-state index in [2.05, 4.69) is 41.1 Å². The van der Waals surface area contributed by atoms with Gasteiger partial charge in [-0.25, -0.2) is 0 Å². The van der Waals surface area contributed by atoms with Gasteiger partial charge in [0.25, 0.3) is 0 Å². The van der Waals surface area contributed by atoms with E-state index in [1.54, 1.807) is 6.92 Å². The number of amides is 1. The number of hydrogen-bond acceptors (Lipinski definition) is 3. The molecule has 1 aromatic rings. The van der Waals surface area contributed by atoms with Crippen LogP contribution in [0.4, 0.5) is 5.69 Å². The maximum atomic E-state index is 10.7. The van der Waals surface area contributed by atoms with Gasteiger partial charge in [-0.15, -0.1) is 0 Å². The number of rotatable bonds is 7. The fraction of sp³-hybridized carbons (Fsp3) is 0.562. The molecule has 1 heterocycles. The fourth-order valence-electron chi connectivity index (χ4n) is 2.61. The summed E-state index contributed by atoms with van der Waals surface area (Å²) in [5, 5.41) is 9.70. The average Bonchev–Trinajstić information content (AvgIpc) is 2.85. The number of anilines is 1. The maximum absolute atomic E-state index is 10.7. The van der Waals surface area contributed by atoms with E-state index in [9.17, 15) is 4.79 Å². The summed E-state index contributed by atoms with van der Waals surface area (Å²) in [5.41, 5.74) is 4.14. The molecule has 0 saturated heterocycles. The monoisotopic (exact) mass is 275 g/mol. The molecule has 0 radical (unpaired) electrons. The van der Waals surface area contributed by atoms with Crippen molar-refractivity contribution >= 4 is 11.6 Å². The smallest absolute Gasteiger partial charge is 0.216 e. The Balaban J connectivity index is 1.69. The van der Waals surface area contributed by atoms with Crippen molar-refractivity contribution in [1.82, 2.24) is 10.6 Å². The van der Waals surface area contributed by atoms with Gasteiger partial charge < -0.3 is 16.0 Å². The van der Waals surface area contributed by atoms with E-state index in [-0.39, 0.29) is 5.91 Å². The summed E-state index contributed by atoms with van der Waals surface area (Å²) in [4.78, 5) is 10.7. The molecule has 1 unspecified atom stereocenters. The summed E-state index contributed by atoms with van der Waals surface area (Å²) < 4.78 is 0. The molecule has 1 amide bonds. The largest absolute Gasteiger partial charge is 0.384 e. The molecule has 0 saturated carbocycles. The van der Waals surface area contributed by atoms with Crippen molar-refractivity contribution in [2.75, 3.05) is 25.0 Å². The SMILES string of the molecule is CC(=O)NCCCNC(C)Cc1ccc2c(c1)CCN2. The van der Waals surface area contributed by atoms with Crippen molar-refractivity contribution in [2.24, 2.45) is 0 Å². The highest BCUT2D eigenvalue weighted by Crippen LogP contribution is 2.23. The zero-order valence-corrected chi connectivity index (χ0v) is 12.5. The van der Waals surface area contributed by atoms with Crippen molar-refractivity contribution in [3.8, 4) is 0 Å². The van der Waals surface area contributed by atoms with Gasteiger partial charge in [-0.1, -0.05) is 12.1 Å². The van der Waals surface area contributed by atoms with Crippen molar-refractivity contribution in [2.45, 2.75) is 39.2 Å². The number of carbonyl (C=O) groups is 1. The van der Waals surface area contributed by atoms with Gasteiger partial charge in [-0.3, -0.25) is 4.79 Å². The van der Waals surface area contributed by atoms with E-state index < -0.39 is 0 Å². The first kappa shape index (κ1) is 14.9. The Kier molecular flexibility index (Phi) is 5.41. The van der Waals surface area contributed by atoms with Gasteiger partial charge in [0.2, 0.25) is 5.91 Å². The Labute approximate surface area is 121 Å². The van der Waals surface area contributed by atoms with Crippen molar-refractivity contribution < 1.29 is 4.79 Å². The summed E-state index contributed by atoms with van der Waals surface area (Å²) in [6, 6.07) is 7.19. The highest BCUT2D eigenvalue weighted by molar-refractivity contribution is 5.72. The first-order valence-corrected chi connectivity index (χ1v) is 7.48. The molecule has 1 aliphatic rings. The number of nitrogens with one attached hydrogen (secondary N) is 3. The van der Waals surface area contributed by atoms with Crippen LogP contribution in [0.2, 0.25) is 0 Å². The second kappa shape index (κ2) is 7.29. The highest BCUT2D eigenvalue weighted by atomic mass is 16.1. The van der Waals surface area contributed by atoms with E-state index >= 15 is 0 Å². The summed E-state index contributed by atoms with van der Waals surface area (Å²) in [6.07, 6.45) is 3.16. The summed E-state index contributed by atoms with van der Waals surface area (Å²) in [7, 11) is 0. The predicted octanol–water partition coefficient (Wildman–Crippen LogP) is 1.70. The second-order valence-electron chi connectivity index (χ2n) is 5.56. The van der Waals surface area contributed by atoms with Crippen LogP contribution in [0.3, 0.4) is 0 Å². The van der Waals surface area contributed by atoms with Gasteiger partial charge in [0.1, 0.15) is 0 Å². The van der Waals surface area contributed by atoms with E-state index in [1.807, 2.05) is 0 Å². The van der Waals surface area contributed by atoms with Gasteiger partial charge in [-0.2, -0.15) is 0 Å². The maximum Gasteiger partial charge on any atom is 0.216 e. The summed E-state index contributed by atoms with van der Waals surface area (Å²) in [5.74, 6) is 0.0461. The van der Waals surface area contributed by atoms with Crippen molar-refractivity contribution in [3.05, 3.63) is 29.3 Å². The standard InChI is InChI=1S/C16H25N3O/c1-12(17-7-3-8-18-13(2)20)10-14-4-5-16-15(11-14)6-9-19-16/h4-5,11-12,17,19H,3,6-10H2,1-2H3,(H,18,20). The molecule has 3 N–H and O–H groups in total. The number of hydrogen-bond donors (Lipinski definition) is 3. The zero-order chi connectivity index (χ0) is 14.4. The lowest BCUT2D eigenvalue weighted by atomic mass is 10.0. The molecule has 0 bridgehead atoms. The van der Waals surface area contributed by atoms with Gasteiger partial charge >= 0.3 is 0 Å². The normalized spacial score (nSPS) is 14.5. The van der Waals surface area contributed by atoms with Crippen LogP contribution in [0, 0.1) is 0 Å². The third-order valence-electron chi connectivity index (χ3n) is 3.64. The van der Waals surface area contributed by atoms with Crippen molar-refractivity contribution in [3.63, 3.8) is 0 Å². The lowest BCUT2D eigenvalue weighted by Crippen LogP contribution is -2.31. The topological polar surface area (TPSA) is 53.2 Å². The minimum absolute atomic E-state index is 0.0461.